The minimum absolute atomic E-state index is 0.130. The van der Waals surface area contributed by atoms with Crippen molar-refractivity contribution in [2.75, 3.05) is 11.5 Å². The Morgan fingerprint density at radius 2 is 1.12 bits per heavy atom. The van der Waals surface area contributed by atoms with Gasteiger partial charge in [0.25, 0.3) is 0 Å². The van der Waals surface area contributed by atoms with Crippen LogP contribution in [0.1, 0.15) is 54.4 Å². The molecule has 3 heteroatoms. The van der Waals surface area contributed by atoms with Crippen LogP contribution in [0.25, 0.3) is 0 Å². The van der Waals surface area contributed by atoms with Gasteiger partial charge in [-0.15, -0.1) is 0 Å². The maximum absolute atomic E-state index is 11.6. The van der Waals surface area contributed by atoms with Gasteiger partial charge in [-0.3, -0.25) is 0 Å². The van der Waals surface area contributed by atoms with E-state index in [1.54, 1.807) is 0 Å². The molecule has 1 aliphatic heterocycles. The Hall–Kier alpha value is -0.0500. The van der Waals surface area contributed by atoms with Crippen molar-refractivity contribution in [1.82, 2.24) is 0 Å². The van der Waals surface area contributed by atoms with Crippen molar-refractivity contribution in [2.24, 2.45) is 16.2 Å². The van der Waals surface area contributed by atoms with E-state index in [4.69, 9.17) is 0 Å². The molecule has 1 fully saturated rings. The second-order valence-corrected chi connectivity index (χ2v) is 9.54. The zero-order valence-corrected chi connectivity index (χ0v) is 12.4. The third-order valence-corrected chi connectivity index (χ3v) is 6.20. The van der Waals surface area contributed by atoms with Crippen LogP contribution in [0.15, 0.2) is 0 Å². The van der Waals surface area contributed by atoms with Crippen LogP contribution >= 0.6 is 0 Å². The fourth-order valence-corrected chi connectivity index (χ4v) is 5.03. The third-order valence-electron chi connectivity index (χ3n) is 4.55. The summed E-state index contributed by atoms with van der Waals surface area (Å²) in [5.41, 5.74) is 0.438. The predicted octanol–water partition coefficient (Wildman–Crippen LogP) is 3.27. The van der Waals surface area contributed by atoms with Gasteiger partial charge in [-0.25, -0.2) is 8.42 Å². The molecule has 0 amide bonds. The summed E-state index contributed by atoms with van der Waals surface area (Å²) in [5, 5.41) is 0. The first-order chi connectivity index (χ1) is 6.91. The molecule has 0 N–H and O–H groups in total. The van der Waals surface area contributed by atoms with Gasteiger partial charge in [0.2, 0.25) is 0 Å². The van der Waals surface area contributed by atoms with Gasteiger partial charge < -0.3 is 0 Å². The van der Waals surface area contributed by atoms with Gasteiger partial charge >= 0.3 is 0 Å². The number of hydrogen-bond acceptors (Lipinski definition) is 2. The molecule has 0 spiro atoms. The normalized spacial score (nSPS) is 25.4. The van der Waals surface area contributed by atoms with E-state index in [0.29, 0.717) is 11.5 Å². The van der Waals surface area contributed by atoms with Crippen LogP contribution in [0.4, 0.5) is 0 Å². The van der Waals surface area contributed by atoms with Crippen LogP contribution in [0.3, 0.4) is 0 Å². The Morgan fingerprint density at radius 1 is 0.812 bits per heavy atom. The van der Waals surface area contributed by atoms with Gasteiger partial charge in [-0.05, 0) is 29.1 Å². The summed E-state index contributed by atoms with van der Waals surface area (Å²) in [5.74, 6) is 0.725. The van der Waals surface area contributed by atoms with Gasteiger partial charge in [-0.1, -0.05) is 41.5 Å². The Kier molecular flexibility index (Phi) is 3.26. The van der Waals surface area contributed by atoms with Crippen LogP contribution < -0.4 is 0 Å². The van der Waals surface area contributed by atoms with Crippen molar-refractivity contribution in [3.05, 3.63) is 0 Å². The number of rotatable bonds is 0. The first kappa shape index (κ1) is 14.0. The molecule has 0 saturated carbocycles. The van der Waals surface area contributed by atoms with Crippen LogP contribution in [0, 0.1) is 16.2 Å². The second kappa shape index (κ2) is 3.72. The van der Waals surface area contributed by atoms with E-state index in [1.165, 1.54) is 0 Å². The van der Waals surface area contributed by atoms with Crippen LogP contribution in [-0.2, 0) is 9.84 Å². The molecule has 0 aromatic rings. The summed E-state index contributed by atoms with van der Waals surface area (Å²) >= 11 is 0. The highest BCUT2D eigenvalue weighted by Crippen LogP contribution is 2.57. The van der Waals surface area contributed by atoms with Crippen LogP contribution in [-0.4, -0.2) is 19.9 Å². The summed E-state index contributed by atoms with van der Waals surface area (Å²) in [4.78, 5) is 0. The molecule has 0 aliphatic carbocycles. The van der Waals surface area contributed by atoms with Crippen molar-refractivity contribution < 1.29 is 8.42 Å². The first-order valence-electron chi connectivity index (χ1n) is 6.12. The zero-order chi connectivity index (χ0) is 12.8. The highest BCUT2D eigenvalue weighted by molar-refractivity contribution is 7.91. The predicted molar refractivity (Wildman–Crippen MR) is 69.2 cm³/mol. The van der Waals surface area contributed by atoms with E-state index < -0.39 is 9.84 Å². The monoisotopic (exact) mass is 246 g/mol. The summed E-state index contributed by atoms with van der Waals surface area (Å²) in [7, 11) is -2.77. The minimum Gasteiger partial charge on any atom is -0.229 e. The zero-order valence-electron chi connectivity index (χ0n) is 11.6. The highest BCUT2D eigenvalue weighted by atomic mass is 32.2. The lowest BCUT2D eigenvalue weighted by Crippen LogP contribution is -2.51. The summed E-state index contributed by atoms with van der Waals surface area (Å²) < 4.78 is 23.2. The smallest absolute Gasteiger partial charge is 0.150 e. The molecule has 1 aliphatic rings. The van der Waals surface area contributed by atoms with Crippen molar-refractivity contribution in [3.8, 4) is 0 Å². The van der Waals surface area contributed by atoms with E-state index in [1.807, 2.05) is 0 Å². The lowest BCUT2D eigenvalue weighted by Gasteiger charge is -2.56. The van der Waals surface area contributed by atoms with Gasteiger partial charge in [0.05, 0.1) is 11.5 Å². The molecule has 2 nitrogen and oxygen atoms in total. The van der Waals surface area contributed by atoms with E-state index in [9.17, 15) is 8.42 Å². The Labute approximate surface area is 101 Å². The lowest BCUT2D eigenvalue weighted by molar-refractivity contribution is -0.0410. The Bertz CT molecular complexity index is 322. The summed E-state index contributed by atoms with van der Waals surface area (Å²) in [6.07, 6.45) is 1.62. The lowest BCUT2D eigenvalue weighted by atomic mass is 9.51. The first-order valence-corrected chi connectivity index (χ1v) is 7.94. The topological polar surface area (TPSA) is 34.1 Å². The van der Waals surface area contributed by atoms with Crippen molar-refractivity contribution in [2.45, 2.75) is 54.4 Å². The average Bonchev–Trinajstić information content (AvgIpc) is 1.98. The van der Waals surface area contributed by atoms with Crippen LogP contribution in [0.2, 0.25) is 0 Å². The molecule has 1 heterocycles. The molecular weight excluding hydrogens is 220 g/mol. The molecule has 0 unspecified atom stereocenters. The minimum atomic E-state index is -2.77. The Morgan fingerprint density at radius 3 is 1.38 bits per heavy atom. The fourth-order valence-electron chi connectivity index (χ4n) is 3.51. The third kappa shape index (κ3) is 2.29. The van der Waals surface area contributed by atoms with Crippen molar-refractivity contribution >= 4 is 9.84 Å². The van der Waals surface area contributed by atoms with Gasteiger partial charge in [-0.2, -0.15) is 0 Å². The number of sulfone groups is 1. The van der Waals surface area contributed by atoms with Crippen molar-refractivity contribution in [3.63, 3.8) is 0 Å². The van der Waals surface area contributed by atoms with Crippen molar-refractivity contribution in [1.29, 1.82) is 0 Å². The van der Waals surface area contributed by atoms with E-state index in [2.05, 4.69) is 41.5 Å². The summed E-state index contributed by atoms with van der Waals surface area (Å²) in [6, 6.07) is 0. The molecule has 0 atom stereocenters. The summed E-state index contributed by atoms with van der Waals surface area (Å²) in [6.45, 7) is 13.5. The molecule has 0 aromatic heterocycles. The van der Waals surface area contributed by atoms with Gasteiger partial charge in [0, 0.05) is 0 Å². The van der Waals surface area contributed by atoms with Crippen LogP contribution in [0.5, 0.6) is 0 Å². The van der Waals surface area contributed by atoms with E-state index in [0.717, 1.165) is 12.8 Å². The maximum atomic E-state index is 11.6. The fraction of sp³-hybridized carbons (Fsp3) is 1.00. The van der Waals surface area contributed by atoms with E-state index in [-0.39, 0.29) is 16.2 Å². The standard InChI is InChI=1S/C13H26O2S/c1-11(2,3)13(12(4,5)6)7-9-16(14,15)10-8-13/h7-10H2,1-6H3. The largest absolute Gasteiger partial charge is 0.229 e. The molecule has 1 rings (SSSR count). The number of hydrogen-bond donors (Lipinski definition) is 0. The highest BCUT2D eigenvalue weighted by Gasteiger charge is 2.52. The van der Waals surface area contributed by atoms with Gasteiger partial charge in [0.15, 0.2) is 0 Å². The molecule has 16 heavy (non-hydrogen) atoms. The molecule has 0 aromatic carbocycles. The van der Waals surface area contributed by atoms with E-state index >= 15 is 0 Å². The SMILES string of the molecule is CC(C)(C)C1(C(C)(C)C)CCS(=O)(=O)CC1. The molecule has 0 radical (unpaired) electrons. The Balaban J connectivity index is 3.12. The van der Waals surface area contributed by atoms with Gasteiger partial charge in [0.1, 0.15) is 9.84 Å². The molecule has 0 bridgehead atoms. The molecule has 1 saturated heterocycles. The molecule has 96 valence electrons. The maximum Gasteiger partial charge on any atom is 0.150 e. The quantitative estimate of drug-likeness (QED) is 0.657. The molecular formula is C13H26O2S. The average molecular weight is 246 g/mol. The second-order valence-electron chi connectivity index (χ2n) is 7.23.